The van der Waals surface area contributed by atoms with E-state index in [9.17, 15) is 4.79 Å². The molecule has 0 aromatic carbocycles. The van der Waals surface area contributed by atoms with Crippen molar-refractivity contribution in [3.63, 3.8) is 0 Å². The highest BCUT2D eigenvalue weighted by molar-refractivity contribution is 5.69. The molecule has 0 unspecified atom stereocenters. The maximum atomic E-state index is 10.9. The van der Waals surface area contributed by atoms with Crippen LogP contribution in [0.3, 0.4) is 0 Å². The first-order valence-electron chi connectivity index (χ1n) is 10.7. The highest BCUT2D eigenvalue weighted by Crippen LogP contribution is 2.33. The predicted octanol–water partition coefficient (Wildman–Crippen LogP) is 2.93. The molecule has 4 rings (SSSR count). The fraction of sp³-hybridized carbons (Fsp3) is 0.636. The number of aryl methyl sites for hydroxylation is 1. The molecule has 6 nitrogen and oxygen atoms in total. The molecule has 0 atom stereocenters. The molecule has 0 bridgehead atoms. The van der Waals surface area contributed by atoms with Crippen LogP contribution in [0.25, 0.3) is 0 Å². The van der Waals surface area contributed by atoms with Crippen molar-refractivity contribution in [1.82, 2.24) is 14.8 Å². The second-order valence-corrected chi connectivity index (χ2v) is 8.47. The number of aliphatic carboxylic acids is 1. The van der Waals surface area contributed by atoms with Crippen molar-refractivity contribution < 1.29 is 9.90 Å². The first-order valence-corrected chi connectivity index (χ1v) is 10.7. The van der Waals surface area contributed by atoms with E-state index in [4.69, 9.17) is 10.1 Å². The zero-order chi connectivity index (χ0) is 19.5. The third kappa shape index (κ3) is 4.32. The van der Waals surface area contributed by atoms with Gasteiger partial charge in [-0.05, 0) is 63.2 Å². The first-order chi connectivity index (χ1) is 13.6. The van der Waals surface area contributed by atoms with Crippen LogP contribution in [0.4, 0.5) is 5.82 Å². The normalized spacial score (nSPS) is 21.8. The number of carboxylic acids is 1. The number of allylic oxidation sites excluding steroid dienone is 1. The molecule has 0 aliphatic carbocycles. The molecule has 2 saturated heterocycles. The van der Waals surface area contributed by atoms with E-state index >= 15 is 0 Å². The Morgan fingerprint density at radius 3 is 2.64 bits per heavy atom. The molecule has 0 amide bonds. The molecule has 3 aliphatic heterocycles. The van der Waals surface area contributed by atoms with E-state index in [0.717, 1.165) is 70.6 Å². The van der Waals surface area contributed by atoms with Crippen LogP contribution in [0, 0.1) is 5.92 Å². The Balaban J connectivity index is 1.28. The average molecular weight is 385 g/mol. The van der Waals surface area contributed by atoms with Crippen LogP contribution in [0.2, 0.25) is 0 Å². The zero-order valence-electron chi connectivity index (χ0n) is 16.7. The number of anilines is 1. The Bertz CT molecular complexity index is 719. The number of pyridine rings is 1. The molecule has 6 heteroatoms. The molecule has 0 saturated carbocycles. The summed E-state index contributed by atoms with van der Waals surface area (Å²) in [4.78, 5) is 20.3. The van der Waals surface area contributed by atoms with Crippen molar-refractivity contribution in [3.8, 4) is 0 Å². The van der Waals surface area contributed by atoms with Gasteiger partial charge < -0.3 is 15.3 Å². The van der Waals surface area contributed by atoms with E-state index in [2.05, 4.69) is 28.9 Å². The van der Waals surface area contributed by atoms with Crippen LogP contribution in [-0.4, -0.2) is 65.1 Å². The number of hydrogen-bond acceptors (Lipinski definition) is 5. The number of nitrogens with zero attached hydrogens (tertiary/aromatic N) is 3. The van der Waals surface area contributed by atoms with E-state index in [1.165, 1.54) is 23.4 Å². The van der Waals surface area contributed by atoms with E-state index in [1.807, 2.05) is 4.90 Å². The van der Waals surface area contributed by atoms with Gasteiger partial charge in [0.2, 0.25) is 0 Å². The third-order valence-corrected chi connectivity index (χ3v) is 6.65. The molecule has 0 radical (unpaired) electrons. The van der Waals surface area contributed by atoms with Gasteiger partial charge in [0.15, 0.2) is 0 Å². The fourth-order valence-corrected chi connectivity index (χ4v) is 4.91. The molecule has 4 heterocycles. The van der Waals surface area contributed by atoms with Gasteiger partial charge in [-0.2, -0.15) is 0 Å². The zero-order valence-corrected chi connectivity index (χ0v) is 16.7. The van der Waals surface area contributed by atoms with Gasteiger partial charge in [-0.15, -0.1) is 0 Å². The summed E-state index contributed by atoms with van der Waals surface area (Å²) in [5.41, 5.74) is 3.85. The number of hydrogen-bond donors (Lipinski definition) is 2. The second-order valence-electron chi connectivity index (χ2n) is 8.47. The second kappa shape index (κ2) is 8.52. The quantitative estimate of drug-likeness (QED) is 0.814. The Morgan fingerprint density at radius 1 is 1.18 bits per heavy atom. The largest absolute Gasteiger partial charge is 0.480 e. The molecule has 1 aromatic heterocycles. The Morgan fingerprint density at radius 2 is 1.93 bits per heavy atom. The topological polar surface area (TPSA) is 68.7 Å². The summed E-state index contributed by atoms with van der Waals surface area (Å²) in [6.45, 7) is 9.42. The summed E-state index contributed by atoms with van der Waals surface area (Å²) in [7, 11) is 0. The maximum Gasteiger partial charge on any atom is 0.317 e. The van der Waals surface area contributed by atoms with Gasteiger partial charge in [0.25, 0.3) is 0 Å². The number of nitrogens with one attached hydrogen (secondary N) is 1. The van der Waals surface area contributed by atoms with Crippen molar-refractivity contribution in [2.75, 3.05) is 44.6 Å². The first kappa shape index (κ1) is 19.2. The van der Waals surface area contributed by atoms with Crippen molar-refractivity contribution in [1.29, 1.82) is 0 Å². The molecule has 2 N–H and O–H groups in total. The lowest BCUT2D eigenvalue weighted by Crippen LogP contribution is -2.41. The Labute approximate surface area is 167 Å². The maximum absolute atomic E-state index is 10.9. The van der Waals surface area contributed by atoms with E-state index in [1.54, 1.807) is 0 Å². The highest BCUT2D eigenvalue weighted by atomic mass is 16.4. The van der Waals surface area contributed by atoms with Gasteiger partial charge >= 0.3 is 5.97 Å². The Kier molecular flexibility index (Phi) is 5.85. The van der Waals surface area contributed by atoms with Crippen LogP contribution in [0.5, 0.6) is 0 Å². The lowest BCUT2D eigenvalue weighted by molar-refractivity contribution is -0.138. The summed E-state index contributed by atoms with van der Waals surface area (Å²) in [6, 6.07) is 4.50. The smallest absolute Gasteiger partial charge is 0.317 e. The third-order valence-electron chi connectivity index (χ3n) is 6.65. The van der Waals surface area contributed by atoms with Crippen molar-refractivity contribution in [2.45, 2.75) is 44.4 Å². The fourth-order valence-electron chi connectivity index (χ4n) is 4.91. The molecule has 28 heavy (non-hydrogen) atoms. The molecular formula is C22H32N4O2. The van der Waals surface area contributed by atoms with Crippen LogP contribution in [0.1, 0.15) is 49.3 Å². The summed E-state index contributed by atoms with van der Waals surface area (Å²) in [6.07, 6.45) is 6.63. The molecule has 0 spiro atoms. The van der Waals surface area contributed by atoms with Crippen LogP contribution >= 0.6 is 0 Å². The van der Waals surface area contributed by atoms with Gasteiger partial charge in [0.1, 0.15) is 5.82 Å². The minimum absolute atomic E-state index is 0.160. The van der Waals surface area contributed by atoms with Gasteiger partial charge in [-0.1, -0.05) is 12.6 Å². The number of piperidine rings is 2. The van der Waals surface area contributed by atoms with E-state index in [0.29, 0.717) is 11.8 Å². The number of rotatable bonds is 5. The van der Waals surface area contributed by atoms with Gasteiger partial charge in [0, 0.05) is 42.9 Å². The molecule has 152 valence electrons. The van der Waals surface area contributed by atoms with Crippen LogP contribution in [-0.2, 0) is 11.2 Å². The lowest BCUT2D eigenvalue weighted by Gasteiger charge is -2.40. The summed E-state index contributed by atoms with van der Waals surface area (Å²) in [5, 5.41) is 12.4. The standard InChI is InChI=1S/C22H32N4O2/c1-16(17-6-11-25(12-7-17)15-21(27)28)26-13-8-18(9-14-26)20-5-4-19-3-2-10-23-22(19)24-20/h4-5,17-18H,1-3,6-15H2,(H,23,24)(H,27,28). The average Bonchev–Trinajstić information content (AvgIpc) is 2.73. The highest BCUT2D eigenvalue weighted by Gasteiger charge is 2.28. The lowest BCUT2D eigenvalue weighted by atomic mass is 9.89. The van der Waals surface area contributed by atoms with Gasteiger partial charge in [-0.3, -0.25) is 9.69 Å². The van der Waals surface area contributed by atoms with E-state index < -0.39 is 5.97 Å². The number of likely N-dealkylation sites (tertiary alicyclic amines) is 2. The number of carbonyl (C=O) groups is 1. The summed E-state index contributed by atoms with van der Waals surface area (Å²) in [5.74, 6) is 1.40. The van der Waals surface area contributed by atoms with Crippen molar-refractivity contribution in [3.05, 3.63) is 35.7 Å². The van der Waals surface area contributed by atoms with Crippen LogP contribution < -0.4 is 5.32 Å². The summed E-state index contributed by atoms with van der Waals surface area (Å²) < 4.78 is 0. The molecular weight excluding hydrogens is 352 g/mol. The molecule has 3 aliphatic rings. The summed E-state index contributed by atoms with van der Waals surface area (Å²) >= 11 is 0. The van der Waals surface area contributed by atoms with Crippen molar-refractivity contribution in [2.24, 2.45) is 5.92 Å². The predicted molar refractivity (Wildman–Crippen MR) is 111 cm³/mol. The van der Waals surface area contributed by atoms with Gasteiger partial charge in [0.05, 0.1) is 6.54 Å². The number of aromatic nitrogens is 1. The van der Waals surface area contributed by atoms with Crippen molar-refractivity contribution >= 4 is 11.8 Å². The van der Waals surface area contributed by atoms with E-state index in [-0.39, 0.29) is 6.54 Å². The molecule has 2 fully saturated rings. The van der Waals surface area contributed by atoms with Crippen LogP contribution in [0.15, 0.2) is 24.4 Å². The van der Waals surface area contributed by atoms with Gasteiger partial charge in [-0.25, -0.2) is 4.98 Å². The minimum atomic E-state index is -0.731. The monoisotopic (exact) mass is 384 g/mol. The SMILES string of the molecule is C=C(C1CCN(CC(=O)O)CC1)N1CCC(c2ccc3c(n2)NCCC3)CC1. The minimum Gasteiger partial charge on any atom is -0.480 e. The Hall–Kier alpha value is -2.08. The number of fused-ring (bicyclic) bond motifs is 1. The number of carboxylic acid groups (broad SMARTS) is 1. The molecule has 1 aromatic rings.